The molecule has 4 aromatic carbocycles. The van der Waals surface area contributed by atoms with Crippen LogP contribution in [0.25, 0.3) is 10.9 Å². The zero-order valence-electron chi connectivity index (χ0n) is 34.2. The summed E-state index contributed by atoms with van der Waals surface area (Å²) in [6.07, 6.45) is 5.21. The molecule has 4 aliphatic rings. The Bertz CT molecular complexity index is 2360. The van der Waals surface area contributed by atoms with E-state index in [4.69, 9.17) is 4.74 Å². The highest BCUT2D eigenvalue weighted by Crippen LogP contribution is 2.31. The van der Waals surface area contributed by atoms with Crippen molar-refractivity contribution in [3.8, 4) is 0 Å². The van der Waals surface area contributed by atoms with E-state index in [2.05, 4.69) is 59.0 Å². The van der Waals surface area contributed by atoms with E-state index in [9.17, 15) is 23.2 Å². The molecule has 3 amide bonds. The number of anilines is 3. The number of fused-ring (bicyclic) bond motifs is 1. The summed E-state index contributed by atoms with van der Waals surface area (Å²) in [6.45, 7) is 8.03. The van der Waals surface area contributed by atoms with Crippen molar-refractivity contribution in [2.24, 2.45) is 0 Å². The van der Waals surface area contributed by atoms with Crippen LogP contribution in [-0.4, -0.2) is 102 Å². The maximum Gasteiger partial charge on any atom is 0.258 e. The molecular weight excluding hydrogens is 779 g/mol. The number of piperidine rings is 2. The third-order valence-corrected chi connectivity index (χ3v) is 12.8. The number of rotatable bonds is 11. The van der Waals surface area contributed by atoms with Gasteiger partial charge in [-0.15, -0.1) is 0 Å². The molecule has 1 aromatic heterocycles. The summed E-state index contributed by atoms with van der Waals surface area (Å²) in [5, 5.41) is 17.3. The monoisotopic (exact) mass is 830 g/mol. The number of piperazine rings is 1. The van der Waals surface area contributed by atoms with Gasteiger partial charge in [-0.25, -0.2) is 8.78 Å². The van der Waals surface area contributed by atoms with Crippen molar-refractivity contribution in [2.75, 3.05) is 68.0 Å². The van der Waals surface area contributed by atoms with Crippen molar-refractivity contribution >= 4 is 45.8 Å². The third kappa shape index (κ3) is 9.61. The smallest absolute Gasteiger partial charge is 0.258 e. The van der Waals surface area contributed by atoms with Gasteiger partial charge >= 0.3 is 0 Å². The van der Waals surface area contributed by atoms with Crippen LogP contribution in [0.3, 0.4) is 0 Å². The Morgan fingerprint density at radius 1 is 0.787 bits per heavy atom. The largest absolute Gasteiger partial charge is 0.381 e. The first-order valence-electron chi connectivity index (χ1n) is 21.6. The van der Waals surface area contributed by atoms with Crippen LogP contribution in [0, 0.1) is 11.6 Å². The van der Waals surface area contributed by atoms with Crippen molar-refractivity contribution in [3.63, 3.8) is 0 Å². The molecular formula is C47H52F2N8O4. The lowest BCUT2D eigenvalue weighted by Gasteiger charge is -2.43. The molecule has 4 aliphatic heterocycles. The van der Waals surface area contributed by atoms with Crippen LogP contribution >= 0.6 is 0 Å². The summed E-state index contributed by atoms with van der Waals surface area (Å²) >= 11 is 0. The minimum atomic E-state index is -0.620. The molecule has 12 nitrogen and oxygen atoms in total. The first kappa shape index (κ1) is 40.7. The number of hydrogen-bond donors (Lipinski definition) is 4. The average Bonchev–Trinajstić information content (AvgIpc) is 3.65. The summed E-state index contributed by atoms with van der Waals surface area (Å²) < 4.78 is 33.4. The number of halogens is 2. The number of ether oxygens (including phenoxy) is 1. The van der Waals surface area contributed by atoms with Crippen LogP contribution in [0.4, 0.5) is 26.0 Å². The van der Waals surface area contributed by atoms with E-state index in [1.165, 1.54) is 17.7 Å². The van der Waals surface area contributed by atoms with E-state index >= 15 is 0 Å². The molecule has 0 spiro atoms. The fourth-order valence-corrected chi connectivity index (χ4v) is 9.41. The lowest BCUT2D eigenvalue weighted by molar-refractivity contribution is -0.134. The van der Waals surface area contributed by atoms with Crippen molar-refractivity contribution < 1.29 is 27.9 Å². The molecule has 61 heavy (non-hydrogen) atoms. The molecule has 4 N–H and O–H groups in total. The molecule has 0 aliphatic carbocycles. The second-order valence-electron chi connectivity index (χ2n) is 16.9. The van der Waals surface area contributed by atoms with Crippen LogP contribution < -0.4 is 20.9 Å². The minimum Gasteiger partial charge on any atom is -0.381 e. The van der Waals surface area contributed by atoms with Crippen molar-refractivity contribution in [1.29, 1.82) is 0 Å². The number of nitrogens with one attached hydrogen (secondary N) is 4. The lowest BCUT2D eigenvalue weighted by atomic mass is 9.90. The molecule has 9 rings (SSSR count). The topological polar surface area (TPSA) is 135 Å². The van der Waals surface area contributed by atoms with Gasteiger partial charge in [0.25, 0.3) is 5.91 Å². The third-order valence-electron chi connectivity index (χ3n) is 12.8. The summed E-state index contributed by atoms with van der Waals surface area (Å²) in [7, 11) is 0. The molecule has 14 heteroatoms. The SMILES string of the molecule is O=C1CCC(c2ccc(CN3CCC(N4CCN(c5ccc(C(=O)Nc6n[nH]c7ccc(Cc8cc(F)cc(F)c8)cc67)c(NC6CCOCC6)c5)CC4)CC3)cc2)C(=O)N1. The van der Waals surface area contributed by atoms with E-state index in [0.29, 0.717) is 60.8 Å². The minimum absolute atomic E-state index is 0.178. The zero-order valence-corrected chi connectivity index (χ0v) is 34.2. The lowest BCUT2D eigenvalue weighted by Crippen LogP contribution is -2.53. The Hall–Kier alpha value is -5.70. The Kier molecular flexibility index (Phi) is 12.1. The molecule has 1 unspecified atom stereocenters. The Labute approximate surface area is 354 Å². The van der Waals surface area contributed by atoms with Crippen LogP contribution in [0.15, 0.2) is 78.9 Å². The quantitative estimate of drug-likeness (QED) is 0.109. The second kappa shape index (κ2) is 18.1. The van der Waals surface area contributed by atoms with Gasteiger partial charge in [-0.2, -0.15) is 5.10 Å². The maximum absolute atomic E-state index is 14.0. The first-order chi connectivity index (χ1) is 29.7. The highest BCUT2D eigenvalue weighted by molar-refractivity contribution is 6.11. The van der Waals surface area contributed by atoms with Crippen LogP contribution in [0.2, 0.25) is 0 Å². The fourth-order valence-electron chi connectivity index (χ4n) is 9.41. The number of carbonyl (C=O) groups is 3. The van der Waals surface area contributed by atoms with Gasteiger partial charge in [0, 0.05) is 87.3 Å². The second-order valence-corrected chi connectivity index (χ2v) is 16.9. The van der Waals surface area contributed by atoms with Crippen LogP contribution in [0.5, 0.6) is 0 Å². The van der Waals surface area contributed by atoms with Gasteiger partial charge in [0.05, 0.1) is 17.0 Å². The molecule has 0 saturated carbocycles. The number of imide groups is 1. The molecule has 0 radical (unpaired) electrons. The number of hydrogen-bond acceptors (Lipinski definition) is 9. The van der Waals surface area contributed by atoms with Crippen LogP contribution in [-0.2, 0) is 27.3 Å². The van der Waals surface area contributed by atoms with Crippen molar-refractivity contribution in [1.82, 2.24) is 25.3 Å². The predicted octanol–water partition coefficient (Wildman–Crippen LogP) is 6.58. The molecule has 5 heterocycles. The van der Waals surface area contributed by atoms with E-state index in [0.717, 1.165) is 106 Å². The van der Waals surface area contributed by atoms with Crippen molar-refractivity contribution in [3.05, 3.63) is 118 Å². The maximum atomic E-state index is 14.0. The number of H-pyrrole nitrogens is 1. The van der Waals surface area contributed by atoms with Gasteiger partial charge in [-0.05, 0) is 116 Å². The summed E-state index contributed by atoms with van der Waals surface area (Å²) in [6, 6.07) is 24.2. The zero-order chi connectivity index (χ0) is 41.9. The number of amides is 3. The van der Waals surface area contributed by atoms with E-state index in [-0.39, 0.29) is 29.7 Å². The standard InChI is InChI=1S/C47H52F2N8O4/c48-34-24-32(25-35(49)27-34)23-31-3-9-42-41(26-31)45(54-53-42)52-47(60)40-7-6-38(28-43(40)50-36-13-21-61-22-14-36)57-19-17-56(18-20-57)37-11-15-55(16-12-37)29-30-1-4-33(5-2-30)39-8-10-44(58)51-46(39)59/h1-7,9,24-28,36-37,39,50H,8,10-23,29H2,(H,51,58,59)(H2,52,53,54,60). The Morgan fingerprint density at radius 3 is 2.26 bits per heavy atom. The number of nitrogens with zero attached hydrogens (tertiary/aromatic N) is 4. The number of aromatic nitrogens is 2. The predicted molar refractivity (Wildman–Crippen MR) is 231 cm³/mol. The molecule has 4 fully saturated rings. The van der Waals surface area contributed by atoms with Gasteiger partial charge in [-0.3, -0.25) is 34.6 Å². The highest BCUT2D eigenvalue weighted by Gasteiger charge is 2.30. The number of likely N-dealkylation sites (tertiary alicyclic amines) is 1. The molecule has 4 saturated heterocycles. The normalized spacial score (nSPS) is 19.9. The van der Waals surface area contributed by atoms with E-state index in [1.807, 2.05) is 42.5 Å². The molecule has 318 valence electrons. The summed E-state index contributed by atoms with van der Waals surface area (Å²) in [5.41, 5.74) is 6.66. The van der Waals surface area contributed by atoms with Crippen LogP contribution in [0.1, 0.15) is 77.1 Å². The molecule has 1 atom stereocenters. The van der Waals surface area contributed by atoms with E-state index in [1.54, 1.807) is 0 Å². The Morgan fingerprint density at radius 2 is 1.52 bits per heavy atom. The van der Waals surface area contributed by atoms with Gasteiger partial charge in [0.15, 0.2) is 5.82 Å². The number of carbonyl (C=O) groups excluding carboxylic acids is 3. The van der Waals surface area contributed by atoms with Gasteiger partial charge in [0.1, 0.15) is 11.6 Å². The number of benzene rings is 4. The number of aromatic amines is 1. The molecule has 5 aromatic rings. The average molecular weight is 831 g/mol. The summed E-state index contributed by atoms with van der Waals surface area (Å²) in [4.78, 5) is 45.5. The van der Waals surface area contributed by atoms with Gasteiger partial charge in [0.2, 0.25) is 11.8 Å². The van der Waals surface area contributed by atoms with Gasteiger partial charge < -0.3 is 20.3 Å². The first-order valence-corrected chi connectivity index (χ1v) is 21.6. The summed E-state index contributed by atoms with van der Waals surface area (Å²) in [5.74, 6) is -1.78. The van der Waals surface area contributed by atoms with Crippen molar-refractivity contribution in [2.45, 2.75) is 69.5 Å². The highest BCUT2D eigenvalue weighted by atomic mass is 19.1. The molecule has 0 bridgehead atoms. The fraction of sp³-hybridized carbons (Fsp3) is 0.404. The van der Waals surface area contributed by atoms with Gasteiger partial charge in [-0.1, -0.05) is 30.3 Å². The van der Waals surface area contributed by atoms with E-state index < -0.39 is 11.6 Å². The Balaban J connectivity index is 0.815.